The minimum absolute atomic E-state index is 0.0732. The van der Waals surface area contributed by atoms with Crippen LogP contribution in [-0.2, 0) is 9.63 Å². The Morgan fingerprint density at radius 1 is 1.35 bits per heavy atom. The van der Waals surface area contributed by atoms with Crippen molar-refractivity contribution in [2.75, 3.05) is 0 Å². The quantitative estimate of drug-likeness (QED) is 0.824. The van der Waals surface area contributed by atoms with Crippen LogP contribution in [-0.4, -0.2) is 34.7 Å². The number of carbonyl (C=O) groups is 1. The number of nitrogens with zero attached hydrogens (tertiary/aromatic N) is 2. The van der Waals surface area contributed by atoms with Crippen molar-refractivity contribution in [1.82, 2.24) is 4.90 Å². The first kappa shape index (κ1) is 16.2. The molecule has 0 saturated carbocycles. The molecule has 3 unspecified atom stereocenters. The van der Waals surface area contributed by atoms with Gasteiger partial charge in [0.05, 0.1) is 16.3 Å². The van der Waals surface area contributed by atoms with Gasteiger partial charge in [0.2, 0.25) is 6.10 Å². The lowest BCUT2D eigenvalue weighted by Crippen LogP contribution is -2.51. The second kappa shape index (κ2) is 6.48. The zero-order valence-electron chi connectivity index (χ0n) is 13.3. The number of oxime groups is 1. The number of rotatable bonds is 2. The molecule has 0 aliphatic carbocycles. The Bertz CT molecular complexity index is 619. The third-order valence-electron chi connectivity index (χ3n) is 4.64. The van der Waals surface area contributed by atoms with E-state index in [9.17, 15) is 9.18 Å². The van der Waals surface area contributed by atoms with Crippen molar-refractivity contribution in [3.05, 3.63) is 34.6 Å². The summed E-state index contributed by atoms with van der Waals surface area (Å²) < 4.78 is 14.0. The van der Waals surface area contributed by atoms with Gasteiger partial charge in [-0.05, 0) is 45.2 Å². The third kappa shape index (κ3) is 3.07. The minimum atomic E-state index is -0.691. The van der Waals surface area contributed by atoms with E-state index in [0.717, 1.165) is 19.3 Å². The monoisotopic (exact) mass is 338 g/mol. The van der Waals surface area contributed by atoms with Crippen LogP contribution in [0.2, 0.25) is 5.02 Å². The summed E-state index contributed by atoms with van der Waals surface area (Å²) in [6.45, 7) is 4.11. The normalized spacial score (nSPS) is 27.6. The molecule has 0 aromatic heterocycles. The number of amides is 1. The smallest absolute Gasteiger partial charge is 0.267 e. The number of benzene rings is 1. The Labute approximate surface area is 140 Å². The van der Waals surface area contributed by atoms with Crippen LogP contribution in [0.3, 0.4) is 0 Å². The molecule has 0 spiro atoms. The predicted molar refractivity (Wildman–Crippen MR) is 87.1 cm³/mol. The lowest BCUT2D eigenvalue weighted by atomic mass is 9.95. The van der Waals surface area contributed by atoms with E-state index in [2.05, 4.69) is 19.0 Å². The summed E-state index contributed by atoms with van der Waals surface area (Å²) >= 11 is 6.06. The fraction of sp³-hybridized carbons (Fsp3) is 0.529. The van der Waals surface area contributed by atoms with E-state index >= 15 is 0 Å². The average molecular weight is 339 g/mol. The first-order valence-corrected chi connectivity index (χ1v) is 8.36. The van der Waals surface area contributed by atoms with Crippen molar-refractivity contribution in [3.8, 4) is 0 Å². The van der Waals surface area contributed by atoms with E-state index in [1.54, 1.807) is 6.07 Å². The van der Waals surface area contributed by atoms with Crippen molar-refractivity contribution in [3.63, 3.8) is 0 Å². The van der Waals surface area contributed by atoms with Crippen LogP contribution in [0.5, 0.6) is 0 Å². The van der Waals surface area contributed by atoms with E-state index in [4.69, 9.17) is 16.4 Å². The zero-order valence-corrected chi connectivity index (χ0v) is 14.0. The lowest BCUT2D eigenvalue weighted by Gasteiger charge is -2.39. The van der Waals surface area contributed by atoms with Gasteiger partial charge in [0.15, 0.2) is 0 Å². The molecule has 0 N–H and O–H groups in total. The summed E-state index contributed by atoms with van der Waals surface area (Å²) in [5.41, 5.74) is 0.618. The Morgan fingerprint density at radius 2 is 2.04 bits per heavy atom. The van der Waals surface area contributed by atoms with E-state index in [1.807, 2.05) is 4.90 Å². The molecule has 4 nitrogen and oxygen atoms in total. The van der Waals surface area contributed by atoms with Gasteiger partial charge in [-0.15, -0.1) is 0 Å². The highest BCUT2D eigenvalue weighted by Gasteiger charge is 2.38. The molecule has 0 bridgehead atoms. The summed E-state index contributed by atoms with van der Waals surface area (Å²) in [6.07, 6.45) is 2.67. The third-order valence-corrected chi connectivity index (χ3v) is 4.96. The molecule has 6 heteroatoms. The number of piperidine rings is 1. The summed E-state index contributed by atoms with van der Waals surface area (Å²) in [4.78, 5) is 20.0. The highest BCUT2D eigenvalue weighted by Crippen LogP contribution is 2.29. The van der Waals surface area contributed by atoms with Gasteiger partial charge >= 0.3 is 0 Å². The van der Waals surface area contributed by atoms with Gasteiger partial charge in [-0.3, -0.25) is 4.79 Å². The van der Waals surface area contributed by atoms with Crippen molar-refractivity contribution in [1.29, 1.82) is 0 Å². The Hall–Kier alpha value is -1.62. The van der Waals surface area contributed by atoms with Crippen molar-refractivity contribution in [2.24, 2.45) is 5.16 Å². The molecule has 3 atom stereocenters. The molecule has 1 aromatic carbocycles. The lowest BCUT2D eigenvalue weighted by molar-refractivity contribution is -0.148. The van der Waals surface area contributed by atoms with Gasteiger partial charge in [-0.2, -0.15) is 0 Å². The number of halogens is 2. The van der Waals surface area contributed by atoms with Gasteiger partial charge in [-0.1, -0.05) is 22.8 Å². The molecule has 2 aliphatic heterocycles. The number of hydrogen-bond donors (Lipinski definition) is 0. The van der Waals surface area contributed by atoms with E-state index in [1.165, 1.54) is 12.1 Å². The van der Waals surface area contributed by atoms with Gasteiger partial charge in [0.1, 0.15) is 5.82 Å². The fourth-order valence-electron chi connectivity index (χ4n) is 3.45. The van der Waals surface area contributed by atoms with E-state index in [-0.39, 0.29) is 35.0 Å². The minimum Gasteiger partial charge on any atom is -0.382 e. The zero-order chi connectivity index (χ0) is 16.6. The van der Waals surface area contributed by atoms with E-state index < -0.39 is 11.9 Å². The number of hydrogen-bond acceptors (Lipinski definition) is 3. The first-order valence-electron chi connectivity index (χ1n) is 7.98. The van der Waals surface area contributed by atoms with Gasteiger partial charge in [-0.25, -0.2) is 4.39 Å². The molecule has 3 rings (SSSR count). The maximum absolute atomic E-state index is 14.0. The molecular formula is C17H20ClFN2O2. The van der Waals surface area contributed by atoms with Gasteiger partial charge in [0, 0.05) is 18.5 Å². The standard InChI is InChI=1S/C17H20ClFN2O2/c1-10-5-3-6-11(2)21(10)17(22)15-9-14(20-23-15)16-12(18)7-4-8-13(16)19/h4,7-8,10-11,15H,3,5-6,9H2,1-2H3. The van der Waals surface area contributed by atoms with Crippen LogP contribution in [0.25, 0.3) is 0 Å². The summed E-state index contributed by atoms with van der Waals surface area (Å²) in [6, 6.07) is 4.85. The first-order chi connectivity index (χ1) is 11.0. The van der Waals surface area contributed by atoms with Crippen LogP contribution >= 0.6 is 11.6 Å². The highest BCUT2D eigenvalue weighted by atomic mass is 35.5. The maximum Gasteiger partial charge on any atom is 0.267 e. The molecule has 124 valence electrons. The van der Waals surface area contributed by atoms with E-state index in [0.29, 0.717) is 5.71 Å². The molecule has 1 saturated heterocycles. The molecule has 2 aliphatic rings. The number of carbonyl (C=O) groups excluding carboxylic acids is 1. The summed E-state index contributed by atoms with van der Waals surface area (Å²) in [5.74, 6) is -0.524. The number of likely N-dealkylation sites (tertiary alicyclic amines) is 1. The second-order valence-corrected chi connectivity index (χ2v) is 6.71. The predicted octanol–water partition coefficient (Wildman–Crippen LogP) is 3.76. The van der Waals surface area contributed by atoms with Gasteiger partial charge < -0.3 is 9.74 Å². The Balaban J connectivity index is 1.75. The Kier molecular flexibility index (Phi) is 4.57. The van der Waals surface area contributed by atoms with Crippen molar-refractivity contribution in [2.45, 2.75) is 57.7 Å². The summed E-state index contributed by atoms with van der Waals surface area (Å²) in [5, 5.41) is 4.20. The van der Waals surface area contributed by atoms with Crippen LogP contribution in [0.1, 0.15) is 45.1 Å². The molecule has 0 radical (unpaired) electrons. The molecule has 1 fully saturated rings. The van der Waals surface area contributed by atoms with Crippen LogP contribution in [0.15, 0.2) is 23.4 Å². The topological polar surface area (TPSA) is 41.9 Å². The van der Waals surface area contributed by atoms with Crippen LogP contribution in [0.4, 0.5) is 4.39 Å². The Morgan fingerprint density at radius 3 is 2.70 bits per heavy atom. The van der Waals surface area contributed by atoms with Crippen LogP contribution in [0, 0.1) is 5.82 Å². The molecule has 2 heterocycles. The second-order valence-electron chi connectivity index (χ2n) is 6.31. The van der Waals surface area contributed by atoms with Crippen LogP contribution < -0.4 is 0 Å². The molecular weight excluding hydrogens is 319 g/mol. The maximum atomic E-state index is 14.0. The summed E-state index contributed by atoms with van der Waals surface area (Å²) in [7, 11) is 0. The molecule has 1 aromatic rings. The highest BCUT2D eigenvalue weighted by molar-refractivity contribution is 6.34. The largest absolute Gasteiger partial charge is 0.382 e. The average Bonchev–Trinajstić information content (AvgIpc) is 2.96. The SMILES string of the molecule is CC1CCCC(C)N1C(=O)C1CC(c2c(F)cccc2Cl)=NO1. The van der Waals surface area contributed by atoms with Gasteiger partial charge in [0.25, 0.3) is 5.91 Å². The van der Waals surface area contributed by atoms with Crippen molar-refractivity contribution < 1.29 is 14.0 Å². The molecule has 1 amide bonds. The fourth-order valence-corrected chi connectivity index (χ4v) is 3.73. The van der Waals surface area contributed by atoms with Crippen molar-refractivity contribution >= 4 is 23.2 Å². The molecule has 23 heavy (non-hydrogen) atoms.